The van der Waals surface area contributed by atoms with E-state index in [1.807, 2.05) is 64.9 Å². The highest BCUT2D eigenvalue weighted by Crippen LogP contribution is 2.24. The quantitative estimate of drug-likeness (QED) is 0.535. The van der Waals surface area contributed by atoms with Gasteiger partial charge in [0.2, 0.25) is 0 Å². The lowest BCUT2D eigenvalue weighted by atomic mass is 10.2. The number of nitrogens with zero attached hydrogens (tertiary/aromatic N) is 5. The van der Waals surface area contributed by atoms with Gasteiger partial charge in [0.25, 0.3) is 5.91 Å². The number of nitrogens with two attached hydrogens (primary N) is 1. The smallest absolute Gasteiger partial charge is 0.273 e. The van der Waals surface area contributed by atoms with Gasteiger partial charge >= 0.3 is 0 Å². The highest BCUT2D eigenvalue weighted by atomic mass is 32.1. The molecule has 0 saturated carbocycles. The number of carbonyl (C=O) groups is 1. The maximum absolute atomic E-state index is 12.9. The van der Waals surface area contributed by atoms with Crippen LogP contribution >= 0.6 is 11.3 Å². The van der Waals surface area contributed by atoms with Crippen LogP contribution in [0.25, 0.3) is 21.5 Å². The lowest BCUT2D eigenvalue weighted by Gasteiger charge is -2.34. The molecule has 3 heterocycles. The maximum Gasteiger partial charge on any atom is 0.273 e. The molecule has 1 aliphatic heterocycles. The summed E-state index contributed by atoms with van der Waals surface area (Å²) in [6.45, 7) is 3.45. The number of benzene rings is 2. The number of hydrogen-bond donors (Lipinski definition) is 1. The molecule has 0 unspecified atom stereocenters. The average molecular weight is 431 g/mol. The van der Waals surface area contributed by atoms with E-state index in [2.05, 4.69) is 19.9 Å². The van der Waals surface area contributed by atoms with Crippen molar-refractivity contribution in [2.75, 3.05) is 31.9 Å². The van der Waals surface area contributed by atoms with Gasteiger partial charge in [-0.3, -0.25) is 9.69 Å². The summed E-state index contributed by atoms with van der Waals surface area (Å²) in [5.41, 5.74) is 8.51. The minimum atomic E-state index is -0.00993. The Balaban J connectivity index is 1.22. The van der Waals surface area contributed by atoms with Crippen LogP contribution in [0.15, 0.2) is 60.0 Å². The lowest BCUT2D eigenvalue weighted by molar-refractivity contribution is 0.0621. The van der Waals surface area contributed by atoms with Crippen molar-refractivity contribution in [3.8, 4) is 10.6 Å². The second kappa shape index (κ2) is 8.41. The van der Waals surface area contributed by atoms with Crippen LogP contribution in [-0.4, -0.2) is 56.8 Å². The van der Waals surface area contributed by atoms with Gasteiger partial charge in [-0.1, -0.05) is 42.5 Å². The Morgan fingerprint density at radius 3 is 2.48 bits per heavy atom. The predicted molar refractivity (Wildman–Crippen MR) is 123 cm³/mol. The second-order valence-corrected chi connectivity index (χ2v) is 8.37. The molecular weight excluding hydrogens is 408 g/mol. The van der Waals surface area contributed by atoms with Crippen molar-refractivity contribution in [3.05, 3.63) is 71.5 Å². The molecule has 1 fully saturated rings. The van der Waals surface area contributed by atoms with Crippen LogP contribution in [0.1, 0.15) is 16.3 Å². The molecule has 0 radical (unpaired) electrons. The summed E-state index contributed by atoms with van der Waals surface area (Å²) in [6.07, 6.45) is 0. The van der Waals surface area contributed by atoms with Crippen molar-refractivity contribution in [2.24, 2.45) is 0 Å². The fourth-order valence-electron chi connectivity index (χ4n) is 3.78. The minimum Gasteiger partial charge on any atom is -0.383 e. The molecule has 156 valence electrons. The SMILES string of the molecule is Nc1nc(CN2CCN(C(=O)c3csc(-c4ccccc4)n3)CC2)nc2ccccc12. The molecule has 2 aromatic heterocycles. The summed E-state index contributed by atoms with van der Waals surface area (Å²) >= 11 is 1.50. The van der Waals surface area contributed by atoms with Gasteiger partial charge in [-0.15, -0.1) is 11.3 Å². The fraction of sp³-hybridized carbons (Fsp3) is 0.217. The number of fused-ring (bicyclic) bond motifs is 1. The summed E-state index contributed by atoms with van der Waals surface area (Å²) in [4.78, 5) is 30.7. The van der Waals surface area contributed by atoms with Crippen LogP contribution < -0.4 is 5.73 Å². The molecule has 31 heavy (non-hydrogen) atoms. The van der Waals surface area contributed by atoms with Crippen LogP contribution in [0.3, 0.4) is 0 Å². The zero-order valence-corrected chi connectivity index (χ0v) is 17.8. The molecule has 1 saturated heterocycles. The second-order valence-electron chi connectivity index (χ2n) is 7.51. The highest BCUT2D eigenvalue weighted by Gasteiger charge is 2.24. The molecule has 0 bridgehead atoms. The van der Waals surface area contributed by atoms with E-state index in [9.17, 15) is 4.79 Å². The van der Waals surface area contributed by atoms with E-state index >= 15 is 0 Å². The zero-order chi connectivity index (χ0) is 21.2. The first-order valence-corrected chi connectivity index (χ1v) is 11.1. The van der Waals surface area contributed by atoms with Crippen molar-refractivity contribution in [1.82, 2.24) is 24.8 Å². The first-order chi connectivity index (χ1) is 15.2. The number of para-hydroxylation sites is 1. The van der Waals surface area contributed by atoms with E-state index in [4.69, 9.17) is 5.73 Å². The monoisotopic (exact) mass is 430 g/mol. The number of rotatable bonds is 4. The van der Waals surface area contributed by atoms with Crippen molar-refractivity contribution in [1.29, 1.82) is 0 Å². The van der Waals surface area contributed by atoms with Gasteiger partial charge in [0, 0.05) is 42.5 Å². The Labute approximate surface area is 184 Å². The Morgan fingerprint density at radius 1 is 0.935 bits per heavy atom. The van der Waals surface area contributed by atoms with Gasteiger partial charge in [-0.25, -0.2) is 15.0 Å². The van der Waals surface area contributed by atoms with Gasteiger partial charge in [0.1, 0.15) is 22.3 Å². The third-order valence-electron chi connectivity index (χ3n) is 5.45. The number of hydrogen-bond acceptors (Lipinski definition) is 7. The summed E-state index contributed by atoms with van der Waals surface area (Å²) < 4.78 is 0. The van der Waals surface area contributed by atoms with Crippen molar-refractivity contribution in [3.63, 3.8) is 0 Å². The van der Waals surface area contributed by atoms with E-state index < -0.39 is 0 Å². The molecule has 2 N–H and O–H groups in total. The van der Waals surface area contributed by atoms with Crippen LogP contribution in [0.4, 0.5) is 5.82 Å². The topological polar surface area (TPSA) is 88.2 Å². The fourth-order valence-corrected chi connectivity index (χ4v) is 4.58. The molecule has 2 aromatic carbocycles. The van der Waals surface area contributed by atoms with Gasteiger partial charge in [-0.2, -0.15) is 0 Å². The van der Waals surface area contributed by atoms with Gasteiger partial charge in [-0.05, 0) is 12.1 Å². The minimum absolute atomic E-state index is 0.00993. The molecule has 0 spiro atoms. The van der Waals surface area contributed by atoms with Crippen molar-refractivity contribution >= 4 is 34.0 Å². The number of carbonyl (C=O) groups excluding carboxylic acids is 1. The Morgan fingerprint density at radius 2 is 1.68 bits per heavy atom. The van der Waals surface area contributed by atoms with Crippen LogP contribution in [-0.2, 0) is 6.54 Å². The van der Waals surface area contributed by atoms with E-state index in [0.29, 0.717) is 37.0 Å². The Kier molecular flexibility index (Phi) is 5.31. The van der Waals surface area contributed by atoms with E-state index in [1.54, 1.807) is 0 Å². The number of thiazole rings is 1. The predicted octanol–water partition coefficient (Wildman–Crippen LogP) is 3.29. The zero-order valence-electron chi connectivity index (χ0n) is 16.9. The number of anilines is 1. The third-order valence-corrected chi connectivity index (χ3v) is 6.34. The number of piperazine rings is 1. The molecule has 1 amide bonds. The third kappa shape index (κ3) is 4.12. The standard InChI is InChI=1S/C23H22N6OS/c24-21-17-8-4-5-9-18(17)25-20(27-21)14-28-10-12-29(13-11-28)23(30)19-15-31-22(26-19)16-6-2-1-3-7-16/h1-9,15H,10-14H2,(H2,24,25,27). The molecule has 1 aliphatic rings. The normalized spacial score (nSPS) is 14.8. The van der Waals surface area contributed by atoms with Gasteiger partial charge in [0.05, 0.1) is 12.1 Å². The van der Waals surface area contributed by atoms with Crippen LogP contribution in [0, 0.1) is 0 Å². The lowest BCUT2D eigenvalue weighted by Crippen LogP contribution is -2.48. The molecule has 0 atom stereocenters. The summed E-state index contributed by atoms with van der Waals surface area (Å²) in [7, 11) is 0. The Hall–Kier alpha value is -3.36. The van der Waals surface area contributed by atoms with Crippen molar-refractivity contribution < 1.29 is 4.79 Å². The first-order valence-electron chi connectivity index (χ1n) is 10.2. The van der Waals surface area contributed by atoms with Crippen LogP contribution in [0.2, 0.25) is 0 Å². The molecular formula is C23H22N6OS. The van der Waals surface area contributed by atoms with E-state index in [-0.39, 0.29) is 5.91 Å². The molecule has 4 aromatic rings. The first kappa shape index (κ1) is 19.6. The van der Waals surface area contributed by atoms with Crippen molar-refractivity contribution in [2.45, 2.75) is 6.54 Å². The van der Waals surface area contributed by atoms with Crippen LogP contribution in [0.5, 0.6) is 0 Å². The van der Waals surface area contributed by atoms with E-state index in [1.165, 1.54) is 11.3 Å². The number of nitrogen functional groups attached to an aromatic ring is 1. The summed E-state index contributed by atoms with van der Waals surface area (Å²) in [5.74, 6) is 1.21. The number of amides is 1. The Bertz CT molecular complexity index is 1220. The molecule has 5 rings (SSSR count). The largest absolute Gasteiger partial charge is 0.383 e. The average Bonchev–Trinajstić information content (AvgIpc) is 3.30. The highest BCUT2D eigenvalue weighted by molar-refractivity contribution is 7.13. The van der Waals surface area contributed by atoms with Gasteiger partial charge < -0.3 is 10.6 Å². The molecule has 8 heteroatoms. The van der Waals surface area contributed by atoms with Gasteiger partial charge in [0.15, 0.2) is 0 Å². The van der Waals surface area contributed by atoms with E-state index in [0.717, 1.165) is 34.6 Å². The molecule has 0 aliphatic carbocycles. The summed E-state index contributed by atoms with van der Waals surface area (Å²) in [5, 5.41) is 3.59. The number of aromatic nitrogens is 3. The summed E-state index contributed by atoms with van der Waals surface area (Å²) in [6, 6.07) is 17.7. The maximum atomic E-state index is 12.9. The molecule has 7 nitrogen and oxygen atoms in total.